The van der Waals surface area contributed by atoms with Crippen LogP contribution in [0.4, 0.5) is 0 Å². The molecule has 0 radical (unpaired) electrons. The second-order valence-corrected chi connectivity index (χ2v) is 8.52. The van der Waals surface area contributed by atoms with Crippen LogP contribution < -0.4 is 15.8 Å². The molecule has 0 aliphatic carbocycles. The second-order valence-electron chi connectivity index (χ2n) is 6.96. The van der Waals surface area contributed by atoms with Crippen LogP contribution in [-0.2, 0) is 21.3 Å². The van der Waals surface area contributed by atoms with Crippen molar-refractivity contribution in [2.75, 3.05) is 39.9 Å². The van der Waals surface area contributed by atoms with Crippen LogP contribution in [0.15, 0.2) is 34.2 Å². The molecule has 0 amide bonds. The predicted octanol–water partition coefficient (Wildman–Crippen LogP) is 0.356. The highest BCUT2D eigenvalue weighted by molar-refractivity contribution is 7.89. The summed E-state index contributed by atoms with van der Waals surface area (Å²) in [5, 5.41) is 11.8. The Morgan fingerprint density at radius 1 is 1.30 bits per heavy atom. The Labute approximate surface area is 162 Å². The molecule has 27 heavy (non-hydrogen) atoms. The van der Waals surface area contributed by atoms with E-state index in [9.17, 15) is 8.42 Å². The molecule has 1 aliphatic heterocycles. The zero-order valence-corrected chi connectivity index (χ0v) is 17.1. The van der Waals surface area contributed by atoms with Gasteiger partial charge in [-0.1, -0.05) is 26.0 Å². The van der Waals surface area contributed by atoms with Crippen molar-refractivity contribution >= 4 is 16.0 Å². The lowest BCUT2D eigenvalue weighted by molar-refractivity contribution is 0.00752. The molecule has 1 saturated heterocycles. The van der Waals surface area contributed by atoms with Gasteiger partial charge in [-0.15, -0.1) is 0 Å². The predicted molar refractivity (Wildman–Crippen MR) is 107 cm³/mol. The van der Waals surface area contributed by atoms with Crippen LogP contribution in [0, 0.1) is 5.92 Å². The third kappa shape index (κ3) is 6.76. The van der Waals surface area contributed by atoms with E-state index in [4.69, 9.17) is 9.88 Å². The number of aliphatic imine (C=N–C) groups is 1. The van der Waals surface area contributed by atoms with Gasteiger partial charge < -0.3 is 15.4 Å². The summed E-state index contributed by atoms with van der Waals surface area (Å²) in [6.07, 6.45) is 0. The lowest BCUT2D eigenvalue weighted by atomic mass is 10.0. The van der Waals surface area contributed by atoms with Gasteiger partial charge in [0.15, 0.2) is 5.96 Å². The SMILES string of the molecule is CN=C(NCc1cccc(S(N)(=O)=O)c1)NCC(C(C)C)N1CCOCC1. The number of primary sulfonamides is 1. The Bertz CT molecular complexity index is 730. The molecule has 0 bridgehead atoms. The molecule has 0 saturated carbocycles. The molecular weight excluding hydrogens is 366 g/mol. The van der Waals surface area contributed by atoms with Crippen molar-refractivity contribution in [1.29, 1.82) is 0 Å². The monoisotopic (exact) mass is 397 g/mol. The first kappa shape index (κ1) is 21.6. The summed E-state index contributed by atoms with van der Waals surface area (Å²) in [5.74, 6) is 1.18. The Morgan fingerprint density at radius 2 is 2.00 bits per heavy atom. The lowest BCUT2D eigenvalue weighted by Gasteiger charge is -2.37. The minimum atomic E-state index is -3.70. The van der Waals surface area contributed by atoms with Crippen LogP contribution in [0.2, 0.25) is 0 Å². The van der Waals surface area contributed by atoms with Gasteiger partial charge in [0.05, 0.1) is 18.1 Å². The molecule has 1 aromatic rings. The van der Waals surface area contributed by atoms with Gasteiger partial charge in [-0.3, -0.25) is 9.89 Å². The van der Waals surface area contributed by atoms with Crippen LogP contribution >= 0.6 is 0 Å². The Balaban J connectivity index is 1.91. The number of hydrogen-bond donors (Lipinski definition) is 3. The van der Waals surface area contributed by atoms with Crippen molar-refractivity contribution in [2.45, 2.75) is 31.3 Å². The number of rotatable bonds is 7. The molecule has 4 N–H and O–H groups in total. The fraction of sp³-hybridized carbons (Fsp3) is 0.611. The summed E-state index contributed by atoms with van der Waals surface area (Å²) >= 11 is 0. The first-order valence-electron chi connectivity index (χ1n) is 9.19. The topological polar surface area (TPSA) is 109 Å². The quantitative estimate of drug-likeness (QED) is 0.453. The average Bonchev–Trinajstić information content (AvgIpc) is 2.64. The first-order valence-corrected chi connectivity index (χ1v) is 10.7. The number of nitrogens with zero attached hydrogens (tertiary/aromatic N) is 2. The Morgan fingerprint density at radius 3 is 2.59 bits per heavy atom. The number of nitrogens with two attached hydrogens (primary N) is 1. The molecule has 1 heterocycles. The van der Waals surface area contributed by atoms with E-state index >= 15 is 0 Å². The summed E-state index contributed by atoms with van der Waals surface area (Å²) in [6.45, 7) is 9.09. The number of sulfonamides is 1. The number of hydrogen-bond acceptors (Lipinski definition) is 5. The second kappa shape index (κ2) is 10.0. The van der Waals surface area contributed by atoms with E-state index in [0.29, 0.717) is 24.5 Å². The van der Waals surface area contributed by atoms with Gasteiger partial charge in [0.1, 0.15) is 0 Å². The summed E-state index contributed by atoms with van der Waals surface area (Å²) in [7, 11) is -1.98. The van der Waals surface area contributed by atoms with E-state index in [0.717, 1.165) is 38.4 Å². The molecular formula is C18H31N5O3S. The maximum atomic E-state index is 11.5. The first-order chi connectivity index (χ1) is 12.8. The largest absolute Gasteiger partial charge is 0.379 e. The average molecular weight is 398 g/mol. The highest BCUT2D eigenvalue weighted by Gasteiger charge is 2.23. The van der Waals surface area contributed by atoms with Gasteiger partial charge in [-0.25, -0.2) is 13.6 Å². The standard InChI is InChI=1S/C18H31N5O3S/c1-14(2)17(23-7-9-26-10-8-23)13-22-18(20-3)21-12-15-5-4-6-16(11-15)27(19,24)25/h4-6,11,14,17H,7-10,12-13H2,1-3H3,(H2,19,24,25)(H2,20,21,22). The number of guanidine groups is 1. The van der Waals surface area contributed by atoms with Crippen molar-refractivity contribution < 1.29 is 13.2 Å². The normalized spacial score (nSPS) is 17.7. The summed E-state index contributed by atoms with van der Waals surface area (Å²) < 4.78 is 28.4. The van der Waals surface area contributed by atoms with E-state index in [1.807, 2.05) is 6.07 Å². The maximum Gasteiger partial charge on any atom is 0.238 e. The molecule has 152 valence electrons. The minimum Gasteiger partial charge on any atom is -0.379 e. The summed E-state index contributed by atoms with van der Waals surface area (Å²) in [5.41, 5.74) is 0.818. The van der Waals surface area contributed by atoms with Crippen LogP contribution in [0.5, 0.6) is 0 Å². The van der Waals surface area contributed by atoms with Gasteiger partial charge >= 0.3 is 0 Å². The Hall–Kier alpha value is -1.68. The molecule has 1 fully saturated rings. The number of ether oxygens (including phenoxy) is 1. The zero-order chi connectivity index (χ0) is 19.9. The van der Waals surface area contributed by atoms with Gasteiger partial charge in [0.25, 0.3) is 0 Å². The highest BCUT2D eigenvalue weighted by atomic mass is 32.2. The van der Waals surface area contributed by atoms with Crippen LogP contribution in [-0.4, -0.2) is 65.2 Å². The van der Waals surface area contributed by atoms with E-state index < -0.39 is 10.0 Å². The molecule has 1 atom stereocenters. The van der Waals surface area contributed by atoms with Crippen molar-refractivity contribution in [2.24, 2.45) is 16.0 Å². The van der Waals surface area contributed by atoms with Crippen LogP contribution in [0.3, 0.4) is 0 Å². The van der Waals surface area contributed by atoms with E-state index in [-0.39, 0.29) is 4.90 Å². The smallest absolute Gasteiger partial charge is 0.238 e. The van der Waals surface area contributed by atoms with Crippen molar-refractivity contribution in [3.05, 3.63) is 29.8 Å². The third-order valence-corrected chi connectivity index (χ3v) is 5.58. The van der Waals surface area contributed by atoms with Crippen LogP contribution in [0.1, 0.15) is 19.4 Å². The fourth-order valence-electron chi connectivity index (χ4n) is 3.14. The highest BCUT2D eigenvalue weighted by Crippen LogP contribution is 2.12. The minimum absolute atomic E-state index is 0.108. The van der Waals surface area contributed by atoms with Crippen molar-refractivity contribution in [1.82, 2.24) is 15.5 Å². The molecule has 0 aromatic heterocycles. The van der Waals surface area contributed by atoms with E-state index in [1.54, 1.807) is 19.2 Å². The van der Waals surface area contributed by atoms with E-state index in [2.05, 4.69) is 34.4 Å². The lowest BCUT2D eigenvalue weighted by Crippen LogP contribution is -2.52. The molecule has 0 spiro atoms. The zero-order valence-electron chi connectivity index (χ0n) is 16.3. The van der Waals surface area contributed by atoms with Gasteiger partial charge in [-0.2, -0.15) is 0 Å². The molecule has 1 unspecified atom stereocenters. The Kier molecular flexibility index (Phi) is 8.03. The summed E-state index contributed by atoms with van der Waals surface area (Å²) in [4.78, 5) is 6.82. The number of benzene rings is 1. The van der Waals surface area contributed by atoms with Crippen molar-refractivity contribution in [3.63, 3.8) is 0 Å². The molecule has 1 aromatic carbocycles. The van der Waals surface area contributed by atoms with E-state index in [1.165, 1.54) is 6.07 Å². The fourth-order valence-corrected chi connectivity index (χ4v) is 3.72. The maximum absolute atomic E-state index is 11.5. The summed E-state index contributed by atoms with van der Waals surface area (Å²) in [6, 6.07) is 6.97. The molecule has 1 aliphatic rings. The molecule has 2 rings (SSSR count). The van der Waals surface area contributed by atoms with Gasteiger partial charge in [0.2, 0.25) is 10.0 Å². The molecule has 9 heteroatoms. The number of nitrogens with one attached hydrogen (secondary N) is 2. The number of morpholine rings is 1. The van der Waals surface area contributed by atoms with Crippen LogP contribution in [0.25, 0.3) is 0 Å². The van der Waals surface area contributed by atoms with Gasteiger partial charge in [0, 0.05) is 39.3 Å². The van der Waals surface area contributed by atoms with Gasteiger partial charge in [-0.05, 0) is 23.6 Å². The molecule has 8 nitrogen and oxygen atoms in total. The third-order valence-electron chi connectivity index (χ3n) is 4.67. The van der Waals surface area contributed by atoms with Crippen molar-refractivity contribution in [3.8, 4) is 0 Å².